The molecule has 1 aliphatic carbocycles. The zero-order valence-corrected chi connectivity index (χ0v) is 18.6. The molecule has 0 radical (unpaired) electrons. The summed E-state index contributed by atoms with van der Waals surface area (Å²) in [6.07, 6.45) is 5.71. The first-order valence-corrected chi connectivity index (χ1v) is 11.3. The van der Waals surface area contributed by atoms with Gasteiger partial charge in [0, 0.05) is 11.4 Å². The second-order valence-corrected chi connectivity index (χ2v) is 10.3. The van der Waals surface area contributed by atoms with Gasteiger partial charge in [0.25, 0.3) is 5.56 Å². The lowest BCUT2D eigenvalue weighted by molar-refractivity contribution is 0.218. The van der Waals surface area contributed by atoms with E-state index in [1.54, 1.807) is 22.2 Å². The first kappa shape index (κ1) is 20.1. The topological polar surface area (TPSA) is 44.1 Å². The molecular formula is C24H30N2O2S. The van der Waals surface area contributed by atoms with Gasteiger partial charge in [-0.2, -0.15) is 0 Å². The van der Waals surface area contributed by atoms with E-state index in [4.69, 9.17) is 4.74 Å². The van der Waals surface area contributed by atoms with Crippen molar-refractivity contribution in [3.63, 3.8) is 0 Å². The number of rotatable bonds is 5. The minimum absolute atomic E-state index is 0.108. The molecule has 1 aromatic carbocycles. The van der Waals surface area contributed by atoms with Gasteiger partial charge in [-0.3, -0.25) is 9.36 Å². The zero-order valence-electron chi connectivity index (χ0n) is 17.8. The summed E-state index contributed by atoms with van der Waals surface area (Å²) in [5.74, 6) is 1.54. The van der Waals surface area contributed by atoms with E-state index in [1.807, 2.05) is 24.3 Å². The summed E-state index contributed by atoms with van der Waals surface area (Å²) in [4.78, 5) is 20.0. The lowest BCUT2D eigenvalue weighted by Crippen LogP contribution is -2.27. The van der Waals surface area contributed by atoms with Gasteiger partial charge in [-0.05, 0) is 61.6 Å². The van der Waals surface area contributed by atoms with E-state index < -0.39 is 0 Å². The number of nitrogens with zero attached hydrogens (tertiary/aromatic N) is 2. The van der Waals surface area contributed by atoms with Crippen LogP contribution in [0.1, 0.15) is 49.6 Å². The maximum absolute atomic E-state index is 13.1. The SMILES string of the molecule is Cc1ccc(OCCCn2cnc3sc4c(c3c2=O)CCC(C(C)(C)C)C4)cc1. The Balaban J connectivity index is 1.47. The third-order valence-corrected chi connectivity index (χ3v) is 7.26. The Bertz CT molecular complexity index is 1060. The molecule has 1 unspecified atom stereocenters. The van der Waals surface area contributed by atoms with E-state index >= 15 is 0 Å². The van der Waals surface area contributed by atoms with Crippen LogP contribution in [0.4, 0.5) is 0 Å². The van der Waals surface area contributed by atoms with Crippen LogP contribution in [0.2, 0.25) is 0 Å². The molecule has 0 N–H and O–H groups in total. The summed E-state index contributed by atoms with van der Waals surface area (Å²) in [7, 11) is 0. The van der Waals surface area contributed by atoms with Crippen molar-refractivity contribution < 1.29 is 4.74 Å². The molecule has 4 rings (SSSR count). The van der Waals surface area contributed by atoms with Gasteiger partial charge in [0.15, 0.2) is 0 Å². The fraction of sp³-hybridized carbons (Fsp3) is 0.500. The third kappa shape index (κ3) is 4.25. The van der Waals surface area contributed by atoms with Gasteiger partial charge in [0.1, 0.15) is 10.6 Å². The zero-order chi connectivity index (χ0) is 20.6. The van der Waals surface area contributed by atoms with Gasteiger partial charge in [0.05, 0.1) is 18.3 Å². The molecule has 29 heavy (non-hydrogen) atoms. The fourth-order valence-electron chi connectivity index (χ4n) is 4.16. The number of thiophene rings is 1. The predicted octanol–water partition coefficient (Wildman–Crippen LogP) is 5.39. The van der Waals surface area contributed by atoms with E-state index in [9.17, 15) is 4.79 Å². The summed E-state index contributed by atoms with van der Waals surface area (Å²) in [5.41, 5.74) is 2.89. The van der Waals surface area contributed by atoms with Crippen LogP contribution >= 0.6 is 11.3 Å². The number of hydrogen-bond donors (Lipinski definition) is 0. The highest BCUT2D eigenvalue weighted by Gasteiger charge is 2.31. The Kier molecular flexibility index (Phi) is 5.52. The summed E-state index contributed by atoms with van der Waals surface area (Å²) in [6.45, 7) is 10.2. The number of aromatic nitrogens is 2. The predicted molar refractivity (Wildman–Crippen MR) is 120 cm³/mol. The maximum Gasteiger partial charge on any atom is 0.262 e. The van der Waals surface area contributed by atoms with E-state index in [0.29, 0.717) is 24.5 Å². The molecule has 4 nitrogen and oxygen atoms in total. The van der Waals surface area contributed by atoms with Crippen molar-refractivity contribution in [2.75, 3.05) is 6.61 Å². The highest BCUT2D eigenvalue weighted by molar-refractivity contribution is 7.18. The van der Waals surface area contributed by atoms with Gasteiger partial charge in [-0.25, -0.2) is 4.98 Å². The molecule has 1 atom stereocenters. The highest BCUT2D eigenvalue weighted by Crippen LogP contribution is 2.41. The average molecular weight is 411 g/mol. The summed E-state index contributed by atoms with van der Waals surface area (Å²) < 4.78 is 7.55. The smallest absolute Gasteiger partial charge is 0.262 e. The van der Waals surface area contributed by atoms with Crippen LogP contribution in [-0.2, 0) is 19.4 Å². The molecule has 0 aliphatic heterocycles. The number of fused-ring (bicyclic) bond motifs is 3. The molecule has 1 aliphatic rings. The van der Waals surface area contributed by atoms with Gasteiger partial charge in [0.2, 0.25) is 0 Å². The van der Waals surface area contributed by atoms with Gasteiger partial charge < -0.3 is 4.74 Å². The van der Waals surface area contributed by atoms with Crippen LogP contribution in [0.15, 0.2) is 35.4 Å². The molecule has 0 bridgehead atoms. The maximum atomic E-state index is 13.1. The Morgan fingerprint density at radius 2 is 2.00 bits per heavy atom. The van der Waals surface area contributed by atoms with E-state index in [0.717, 1.165) is 41.6 Å². The van der Waals surface area contributed by atoms with Crippen molar-refractivity contribution >= 4 is 21.6 Å². The van der Waals surface area contributed by atoms with Crippen LogP contribution in [0, 0.1) is 18.3 Å². The third-order valence-electron chi connectivity index (χ3n) is 6.09. The quantitative estimate of drug-likeness (QED) is 0.530. The molecule has 0 spiro atoms. The lowest BCUT2D eigenvalue weighted by atomic mass is 9.72. The van der Waals surface area contributed by atoms with Crippen molar-refractivity contribution in [2.45, 2.75) is 59.9 Å². The van der Waals surface area contributed by atoms with Gasteiger partial charge in [-0.15, -0.1) is 11.3 Å². The summed E-state index contributed by atoms with van der Waals surface area (Å²) in [6, 6.07) is 8.05. The van der Waals surface area contributed by atoms with Crippen LogP contribution in [0.3, 0.4) is 0 Å². The molecule has 5 heteroatoms. The standard InChI is InChI=1S/C24H30N2O2S/c1-16-6-9-18(10-7-16)28-13-5-12-26-15-25-22-21(23(26)27)19-11-8-17(24(2,3)4)14-20(19)29-22/h6-7,9-10,15,17H,5,8,11-14H2,1-4H3. The minimum atomic E-state index is 0.108. The lowest BCUT2D eigenvalue weighted by Gasteiger charge is -2.33. The molecule has 2 aromatic heterocycles. The fourth-order valence-corrected chi connectivity index (χ4v) is 5.42. The number of aryl methyl sites for hydroxylation is 3. The van der Waals surface area contributed by atoms with Crippen LogP contribution in [-0.4, -0.2) is 16.2 Å². The highest BCUT2D eigenvalue weighted by atomic mass is 32.1. The average Bonchev–Trinajstić information content (AvgIpc) is 3.06. The minimum Gasteiger partial charge on any atom is -0.494 e. The number of hydrogen-bond acceptors (Lipinski definition) is 4. The largest absolute Gasteiger partial charge is 0.494 e. The molecule has 2 heterocycles. The molecule has 0 amide bonds. The van der Waals surface area contributed by atoms with E-state index in [-0.39, 0.29) is 5.56 Å². The van der Waals surface area contributed by atoms with E-state index in [2.05, 4.69) is 32.7 Å². The first-order valence-electron chi connectivity index (χ1n) is 10.5. The summed E-state index contributed by atoms with van der Waals surface area (Å²) in [5, 5.41) is 0.860. The van der Waals surface area contributed by atoms with Crippen LogP contribution in [0.25, 0.3) is 10.2 Å². The summed E-state index contributed by atoms with van der Waals surface area (Å²) >= 11 is 1.72. The number of benzene rings is 1. The Hall–Kier alpha value is -2.14. The second-order valence-electron chi connectivity index (χ2n) is 9.25. The molecule has 0 saturated carbocycles. The Labute approximate surface area is 176 Å². The van der Waals surface area contributed by atoms with Crippen molar-refractivity contribution in [3.05, 3.63) is 57.0 Å². The van der Waals surface area contributed by atoms with Crippen LogP contribution < -0.4 is 10.3 Å². The van der Waals surface area contributed by atoms with Crippen molar-refractivity contribution in [3.8, 4) is 5.75 Å². The van der Waals surface area contributed by atoms with Crippen molar-refractivity contribution in [1.82, 2.24) is 9.55 Å². The van der Waals surface area contributed by atoms with Gasteiger partial charge >= 0.3 is 0 Å². The van der Waals surface area contributed by atoms with Crippen LogP contribution in [0.5, 0.6) is 5.75 Å². The monoisotopic (exact) mass is 410 g/mol. The molecular weight excluding hydrogens is 380 g/mol. The molecule has 0 fully saturated rings. The molecule has 0 saturated heterocycles. The Morgan fingerprint density at radius 1 is 1.24 bits per heavy atom. The first-order chi connectivity index (χ1) is 13.8. The van der Waals surface area contributed by atoms with Crippen molar-refractivity contribution in [2.24, 2.45) is 11.3 Å². The van der Waals surface area contributed by atoms with E-state index in [1.165, 1.54) is 16.0 Å². The van der Waals surface area contributed by atoms with Gasteiger partial charge in [-0.1, -0.05) is 38.5 Å². The number of ether oxygens (including phenoxy) is 1. The van der Waals surface area contributed by atoms with Crippen molar-refractivity contribution in [1.29, 1.82) is 0 Å². The molecule has 3 aromatic rings. The Morgan fingerprint density at radius 3 is 2.72 bits per heavy atom. The normalized spacial score (nSPS) is 16.8. The molecule has 154 valence electrons. The second kappa shape index (κ2) is 7.94.